The number of hydrogen-bond acceptors (Lipinski definition) is 6. The van der Waals surface area contributed by atoms with Crippen LogP contribution in [-0.2, 0) is 4.79 Å². The standard InChI is InChI=1S/C18H20N4O3S/c23-16-9-26-4-3-22(16)17-5-10-8-19-14(7-15(10)25-17)18(24)21-13-6-11-1-2-12(13)20-11/h5,7-8,11-13,20H,1-4,6,9H2,(H,21,24)/t11-,12+,13-/m1/s1. The first-order valence-electron chi connectivity index (χ1n) is 9.02. The lowest BCUT2D eigenvalue weighted by Crippen LogP contribution is -2.43. The monoisotopic (exact) mass is 372 g/mol. The molecule has 2 amide bonds. The molecular weight excluding hydrogens is 352 g/mol. The lowest BCUT2D eigenvalue weighted by molar-refractivity contribution is -0.116. The molecule has 8 heteroatoms. The van der Waals surface area contributed by atoms with Gasteiger partial charge in [-0.3, -0.25) is 19.5 Å². The van der Waals surface area contributed by atoms with Gasteiger partial charge < -0.3 is 15.1 Å². The molecular formula is C18H20N4O3S. The zero-order valence-corrected chi connectivity index (χ0v) is 15.1. The summed E-state index contributed by atoms with van der Waals surface area (Å²) in [5, 5.41) is 7.41. The smallest absolute Gasteiger partial charge is 0.270 e. The van der Waals surface area contributed by atoms with E-state index in [0.717, 1.165) is 24.0 Å². The maximum atomic E-state index is 12.6. The van der Waals surface area contributed by atoms with Gasteiger partial charge in [0.2, 0.25) is 11.8 Å². The van der Waals surface area contributed by atoms with Gasteiger partial charge >= 0.3 is 0 Å². The van der Waals surface area contributed by atoms with Crippen molar-refractivity contribution < 1.29 is 14.0 Å². The van der Waals surface area contributed by atoms with Crippen LogP contribution in [0.3, 0.4) is 0 Å². The molecule has 3 fully saturated rings. The van der Waals surface area contributed by atoms with Crippen LogP contribution in [-0.4, -0.2) is 53.0 Å². The Bertz CT molecular complexity index is 882. The number of furan rings is 1. The number of carbonyl (C=O) groups excluding carboxylic acids is 2. The number of pyridine rings is 1. The van der Waals surface area contributed by atoms with Gasteiger partial charge in [-0.1, -0.05) is 0 Å². The molecule has 0 unspecified atom stereocenters. The number of nitrogens with one attached hydrogen (secondary N) is 2. The van der Waals surface area contributed by atoms with Gasteiger partial charge in [0, 0.05) is 54.1 Å². The first-order valence-corrected chi connectivity index (χ1v) is 10.2. The molecule has 5 heterocycles. The fourth-order valence-corrected chi connectivity index (χ4v) is 4.94. The van der Waals surface area contributed by atoms with Crippen molar-refractivity contribution in [3.05, 3.63) is 24.0 Å². The lowest BCUT2D eigenvalue weighted by atomic mass is 9.95. The van der Waals surface area contributed by atoms with Gasteiger partial charge in [0.1, 0.15) is 11.3 Å². The summed E-state index contributed by atoms with van der Waals surface area (Å²) in [7, 11) is 0. The van der Waals surface area contributed by atoms with E-state index in [1.165, 1.54) is 6.42 Å². The van der Waals surface area contributed by atoms with Crippen LogP contribution < -0.4 is 15.5 Å². The third-order valence-corrected chi connectivity index (χ3v) is 6.41. The van der Waals surface area contributed by atoms with Crippen molar-refractivity contribution in [3.63, 3.8) is 0 Å². The molecule has 0 spiro atoms. The molecule has 5 rings (SSSR count). The van der Waals surface area contributed by atoms with Crippen LogP contribution in [0.15, 0.2) is 22.7 Å². The zero-order valence-electron chi connectivity index (χ0n) is 14.2. The van der Waals surface area contributed by atoms with Gasteiger partial charge in [-0.05, 0) is 19.3 Å². The molecule has 0 aromatic carbocycles. The fourth-order valence-electron chi connectivity index (χ4n) is 4.15. The highest BCUT2D eigenvalue weighted by Gasteiger charge is 2.39. The van der Waals surface area contributed by atoms with Crippen molar-refractivity contribution in [2.75, 3.05) is 23.0 Å². The maximum Gasteiger partial charge on any atom is 0.270 e. The number of nitrogens with zero attached hydrogens (tertiary/aromatic N) is 2. The molecule has 2 bridgehead atoms. The molecule has 3 atom stereocenters. The van der Waals surface area contributed by atoms with Crippen LogP contribution in [0.4, 0.5) is 5.88 Å². The molecule has 0 saturated carbocycles. The minimum Gasteiger partial charge on any atom is -0.440 e. The molecule has 136 valence electrons. The number of rotatable bonds is 3. The van der Waals surface area contributed by atoms with Crippen LogP contribution in [0.2, 0.25) is 0 Å². The highest BCUT2D eigenvalue weighted by molar-refractivity contribution is 8.00. The first kappa shape index (κ1) is 16.1. The summed E-state index contributed by atoms with van der Waals surface area (Å²) in [6, 6.07) is 4.57. The summed E-state index contributed by atoms with van der Waals surface area (Å²) in [4.78, 5) is 30.6. The predicted octanol–water partition coefficient (Wildman–Crippen LogP) is 1.53. The van der Waals surface area contributed by atoms with Crippen molar-refractivity contribution in [3.8, 4) is 0 Å². The maximum absolute atomic E-state index is 12.6. The van der Waals surface area contributed by atoms with E-state index >= 15 is 0 Å². The van der Waals surface area contributed by atoms with Crippen molar-refractivity contribution in [2.45, 2.75) is 37.4 Å². The van der Waals surface area contributed by atoms with Crippen LogP contribution in [0.5, 0.6) is 0 Å². The Hall–Kier alpha value is -2.06. The Morgan fingerprint density at radius 1 is 1.38 bits per heavy atom. The highest BCUT2D eigenvalue weighted by Crippen LogP contribution is 2.30. The third-order valence-electron chi connectivity index (χ3n) is 5.49. The van der Waals surface area contributed by atoms with Crippen LogP contribution in [0.1, 0.15) is 29.8 Å². The Labute approximate surface area is 154 Å². The molecule has 7 nitrogen and oxygen atoms in total. The SMILES string of the molecule is O=C(N[C@@H]1C[C@H]2CC[C@@H]1N2)c1cc2oc(N3CCSCC3=O)cc2cn1. The summed E-state index contributed by atoms with van der Waals surface area (Å²) in [6.45, 7) is 0.640. The van der Waals surface area contributed by atoms with E-state index in [-0.39, 0.29) is 17.9 Å². The van der Waals surface area contributed by atoms with E-state index in [9.17, 15) is 9.59 Å². The summed E-state index contributed by atoms with van der Waals surface area (Å²) < 4.78 is 5.85. The van der Waals surface area contributed by atoms with E-state index in [1.54, 1.807) is 28.9 Å². The van der Waals surface area contributed by atoms with Gasteiger partial charge in [-0.2, -0.15) is 11.8 Å². The molecule has 3 saturated heterocycles. The number of fused-ring (bicyclic) bond motifs is 3. The van der Waals surface area contributed by atoms with E-state index in [1.807, 2.05) is 6.07 Å². The second-order valence-corrected chi connectivity index (χ2v) is 8.26. The minimum absolute atomic E-state index is 0.0509. The Morgan fingerprint density at radius 2 is 2.31 bits per heavy atom. The van der Waals surface area contributed by atoms with Crippen molar-refractivity contribution in [1.82, 2.24) is 15.6 Å². The number of aromatic nitrogens is 1. The number of hydrogen-bond donors (Lipinski definition) is 2. The van der Waals surface area contributed by atoms with Crippen LogP contribution >= 0.6 is 11.8 Å². The Morgan fingerprint density at radius 3 is 3.08 bits per heavy atom. The van der Waals surface area contributed by atoms with Crippen molar-refractivity contribution in [2.24, 2.45) is 0 Å². The van der Waals surface area contributed by atoms with Gasteiger partial charge in [-0.15, -0.1) is 0 Å². The van der Waals surface area contributed by atoms with Gasteiger partial charge in [-0.25, -0.2) is 0 Å². The molecule has 0 radical (unpaired) electrons. The second kappa shape index (κ2) is 6.28. The summed E-state index contributed by atoms with van der Waals surface area (Å²) >= 11 is 1.63. The predicted molar refractivity (Wildman–Crippen MR) is 99.5 cm³/mol. The highest BCUT2D eigenvalue weighted by atomic mass is 32.2. The topological polar surface area (TPSA) is 87.5 Å². The van der Waals surface area contributed by atoms with Crippen molar-refractivity contribution in [1.29, 1.82) is 0 Å². The Balaban J connectivity index is 1.36. The largest absolute Gasteiger partial charge is 0.440 e. The van der Waals surface area contributed by atoms with Crippen LogP contribution in [0, 0.1) is 0 Å². The average molecular weight is 372 g/mol. The molecule has 2 aromatic rings. The average Bonchev–Trinajstić information content (AvgIpc) is 3.36. The van der Waals surface area contributed by atoms with Gasteiger partial charge in [0.15, 0.2) is 0 Å². The fraction of sp³-hybridized carbons (Fsp3) is 0.500. The number of carbonyl (C=O) groups is 2. The third kappa shape index (κ3) is 2.77. The van der Waals surface area contributed by atoms with E-state index in [2.05, 4.69) is 15.6 Å². The van der Waals surface area contributed by atoms with Gasteiger partial charge in [0.25, 0.3) is 5.91 Å². The lowest BCUT2D eigenvalue weighted by Gasteiger charge is -2.23. The molecule has 3 aliphatic rings. The molecule has 3 aliphatic heterocycles. The van der Waals surface area contributed by atoms with E-state index in [4.69, 9.17) is 4.42 Å². The quantitative estimate of drug-likeness (QED) is 0.850. The van der Waals surface area contributed by atoms with E-state index in [0.29, 0.717) is 41.5 Å². The Kier molecular flexibility index (Phi) is 3.90. The number of anilines is 1. The zero-order chi connectivity index (χ0) is 17.7. The summed E-state index contributed by atoms with van der Waals surface area (Å²) in [5.74, 6) is 1.78. The normalized spacial score (nSPS) is 28.1. The number of thioether (sulfide) groups is 1. The summed E-state index contributed by atoms with van der Waals surface area (Å²) in [6.07, 6.45) is 4.94. The minimum atomic E-state index is -0.172. The molecule has 2 aromatic heterocycles. The number of amides is 2. The molecule has 0 aliphatic carbocycles. The second-order valence-electron chi connectivity index (χ2n) is 7.15. The van der Waals surface area contributed by atoms with Crippen molar-refractivity contribution >= 4 is 40.4 Å². The van der Waals surface area contributed by atoms with E-state index < -0.39 is 0 Å². The van der Waals surface area contributed by atoms with Gasteiger partial charge in [0.05, 0.1) is 5.75 Å². The first-order chi connectivity index (χ1) is 12.7. The molecule has 26 heavy (non-hydrogen) atoms. The summed E-state index contributed by atoms with van der Waals surface area (Å²) in [5.41, 5.74) is 0.930. The molecule has 2 N–H and O–H groups in total. The van der Waals surface area contributed by atoms with Crippen LogP contribution in [0.25, 0.3) is 11.0 Å².